The zero-order chi connectivity index (χ0) is 22.4. The molecule has 1 aromatic rings. The lowest BCUT2D eigenvalue weighted by atomic mass is 10.0. The zero-order valence-corrected chi connectivity index (χ0v) is 18.9. The first-order chi connectivity index (χ1) is 14.7. The molecule has 31 heavy (non-hydrogen) atoms. The number of ether oxygens (including phenoxy) is 3. The van der Waals surface area contributed by atoms with Gasteiger partial charge in [-0.15, -0.1) is 0 Å². The largest absolute Gasteiger partial charge is 0.490 e. The van der Waals surface area contributed by atoms with Crippen LogP contribution in [0.25, 0.3) is 0 Å². The molecule has 0 saturated carbocycles. The monoisotopic (exact) mass is 430 g/mol. The van der Waals surface area contributed by atoms with Crippen molar-refractivity contribution in [2.75, 3.05) is 32.8 Å². The predicted molar refractivity (Wildman–Crippen MR) is 118 cm³/mol. The summed E-state index contributed by atoms with van der Waals surface area (Å²) >= 11 is 0. The first-order valence-electron chi connectivity index (χ1n) is 11.0. The van der Waals surface area contributed by atoms with Crippen LogP contribution in [0.5, 0.6) is 5.75 Å². The van der Waals surface area contributed by atoms with Crippen LogP contribution in [0.15, 0.2) is 30.9 Å². The second kappa shape index (κ2) is 10.1. The lowest BCUT2D eigenvalue weighted by Crippen LogP contribution is -2.42. The van der Waals surface area contributed by atoms with Crippen LogP contribution in [0, 0.1) is 0 Å². The van der Waals surface area contributed by atoms with E-state index in [9.17, 15) is 9.59 Å². The number of fused-ring (bicyclic) bond motifs is 1. The summed E-state index contributed by atoms with van der Waals surface area (Å²) in [6, 6.07) is 6.20. The van der Waals surface area contributed by atoms with Crippen LogP contribution >= 0.6 is 0 Å². The average Bonchev–Trinajstić information content (AvgIpc) is 2.93. The molecule has 1 saturated heterocycles. The normalized spacial score (nSPS) is 17.4. The molecule has 0 aromatic heterocycles. The molecular weight excluding hydrogens is 396 g/mol. The fourth-order valence-corrected chi connectivity index (χ4v) is 3.85. The van der Waals surface area contributed by atoms with Crippen LogP contribution in [0.1, 0.15) is 44.7 Å². The predicted octanol–water partition coefficient (Wildman–Crippen LogP) is 4.19. The Morgan fingerprint density at radius 2 is 1.68 bits per heavy atom. The van der Waals surface area contributed by atoms with Crippen molar-refractivity contribution in [2.45, 2.75) is 58.2 Å². The third-order valence-corrected chi connectivity index (χ3v) is 5.46. The van der Waals surface area contributed by atoms with Gasteiger partial charge in [0.2, 0.25) is 0 Å². The van der Waals surface area contributed by atoms with E-state index >= 15 is 0 Å². The summed E-state index contributed by atoms with van der Waals surface area (Å²) in [5.74, 6) is 0.845. The van der Waals surface area contributed by atoms with Crippen molar-refractivity contribution in [3.63, 3.8) is 0 Å². The Bertz CT molecular complexity index is 794. The Morgan fingerprint density at radius 3 is 2.32 bits per heavy atom. The Balaban J connectivity index is 1.52. The molecule has 1 aromatic carbocycles. The van der Waals surface area contributed by atoms with Gasteiger partial charge in [-0.25, -0.2) is 9.59 Å². The number of nitrogens with zero attached hydrogens (tertiary/aromatic N) is 2. The van der Waals surface area contributed by atoms with Crippen LogP contribution in [-0.4, -0.2) is 66.5 Å². The number of piperidine rings is 1. The topological polar surface area (TPSA) is 68.3 Å². The van der Waals surface area contributed by atoms with Gasteiger partial charge >= 0.3 is 12.2 Å². The van der Waals surface area contributed by atoms with Crippen LogP contribution in [0.3, 0.4) is 0 Å². The fourth-order valence-electron chi connectivity index (χ4n) is 3.85. The quantitative estimate of drug-likeness (QED) is 0.670. The number of amides is 2. The molecule has 0 unspecified atom stereocenters. The van der Waals surface area contributed by atoms with E-state index in [1.807, 2.05) is 26.8 Å². The zero-order valence-electron chi connectivity index (χ0n) is 18.9. The second-order valence-corrected chi connectivity index (χ2v) is 9.07. The van der Waals surface area contributed by atoms with E-state index in [0.717, 1.165) is 31.4 Å². The third-order valence-electron chi connectivity index (χ3n) is 5.46. The highest BCUT2D eigenvalue weighted by atomic mass is 16.6. The summed E-state index contributed by atoms with van der Waals surface area (Å²) in [7, 11) is 0. The summed E-state index contributed by atoms with van der Waals surface area (Å²) in [6.07, 6.45) is 4.22. The number of likely N-dealkylation sites (tertiary alicyclic amines) is 1. The first-order valence-corrected chi connectivity index (χ1v) is 11.0. The highest BCUT2D eigenvalue weighted by molar-refractivity contribution is 5.68. The molecule has 7 nitrogen and oxygen atoms in total. The van der Waals surface area contributed by atoms with Gasteiger partial charge in [0.15, 0.2) is 0 Å². The number of hydrogen-bond donors (Lipinski definition) is 0. The molecule has 7 heteroatoms. The van der Waals surface area contributed by atoms with Gasteiger partial charge in [-0.05, 0) is 56.9 Å². The summed E-state index contributed by atoms with van der Waals surface area (Å²) in [6.45, 7) is 12.0. The number of carbonyl (C=O) groups is 2. The maximum atomic E-state index is 12.4. The molecular formula is C24H34N2O5. The minimum Gasteiger partial charge on any atom is -0.490 e. The molecule has 1 fully saturated rings. The first kappa shape index (κ1) is 23.0. The van der Waals surface area contributed by atoms with Crippen LogP contribution in [0.4, 0.5) is 9.59 Å². The standard InChI is InChI=1S/C24H34N2O5/c1-5-16-29-22(27)25-14-10-20(11-15-25)30-21-7-6-18-8-12-26(13-9-19(18)17-21)23(28)31-24(2,3)4/h5-7,17,20H,1,8-16H2,2-4H3. The third kappa shape index (κ3) is 6.64. The smallest absolute Gasteiger partial charge is 0.410 e. The molecule has 0 aliphatic carbocycles. The Kier molecular flexibility index (Phi) is 7.46. The fraction of sp³-hybridized carbons (Fsp3) is 0.583. The summed E-state index contributed by atoms with van der Waals surface area (Å²) in [4.78, 5) is 27.9. The van der Waals surface area contributed by atoms with E-state index in [2.05, 4.69) is 18.7 Å². The molecule has 2 aliphatic rings. The Hall–Kier alpha value is -2.70. The second-order valence-electron chi connectivity index (χ2n) is 9.07. The maximum absolute atomic E-state index is 12.4. The van der Waals surface area contributed by atoms with Gasteiger partial charge in [-0.2, -0.15) is 0 Å². The molecule has 2 amide bonds. The SMILES string of the molecule is C=CCOC(=O)N1CCC(Oc2ccc3c(c2)CCN(C(=O)OC(C)(C)C)CC3)CC1. The van der Waals surface area contributed by atoms with Crippen LogP contribution < -0.4 is 4.74 Å². The van der Waals surface area contributed by atoms with Crippen molar-refractivity contribution >= 4 is 12.2 Å². The van der Waals surface area contributed by atoms with Gasteiger partial charge in [-0.3, -0.25) is 0 Å². The number of carbonyl (C=O) groups excluding carboxylic acids is 2. The van der Waals surface area contributed by atoms with Gasteiger partial charge in [0.25, 0.3) is 0 Å². The summed E-state index contributed by atoms with van der Waals surface area (Å²) in [5.41, 5.74) is 1.97. The molecule has 2 aliphatic heterocycles. The van der Waals surface area contributed by atoms with Crippen molar-refractivity contribution in [1.29, 1.82) is 0 Å². The van der Waals surface area contributed by atoms with E-state index in [-0.39, 0.29) is 24.9 Å². The molecule has 170 valence electrons. The van der Waals surface area contributed by atoms with Gasteiger partial charge in [0, 0.05) is 39.0 Å². The Labute approximate surface area is 184 Å². The van der Waals surface area contributed by atoms with Crippen molar-refractivity contribution in [3.8, 4) is 5.75 Å². The van der Waals surface area contributed by atoms with E-state index in [1.54, 1.807) is 15.9 Å². The van der Waals surface area contributed by atoms with E-state index in [0.29, 0.717) is 26.2 Å². The van der Waals surface area contributed by atoms with Crippen molar-refractivity contribution < 1.29 is 23.8 Å². The molecule has 3 rings (SSSR count). The lowest BCUT2D eigenvalue weighted by Gasteiger charge is -2.31. The molecule has 0 spiro atoms. The number of benzene rings is 1. The van der Waals surface area contributed by atoms with Crippen molar-refractivity contribution in [3.05, 3.63) is 42.0 Å². The lowest BCUT2D eigenvalue weighted by molar-refractivity contribution is 0.0258. The highest BCUT2D eigenvalue weighted by Gasteiger charge is 2.26. The molecule has 0 N–H and O–H groups in total. The van der Waals surface area contributed by atoms with Crippen LogP contribution in [0.2, 0.25) is 0 Å². The van der Waals surface area contributed by atoms with Crippen molar-refractivity contribution in [2.24, 2.45) is 0 Å². The van der Waals surface area contributed by atoms with Gasteiger partial charge in [0.1, 0.15) is 24.1 Å². The number of rotatable bonds is 4. The van der Waals surface area contributed by atoms with Gasteiger partial charge in [-0.1, -0.05) is 18.7 Å². The molecule has 0 atom stereocenters. The van der Waals surface area contributed by atoms with E-state index in [1.165, 1.54) is 11.1 Å². The summed E-state index contributed by atoms with van der Waals surface area (Å²) in [5, 5.41) is 0. The minimum atomic E-state index is -0.491. The van der Waals surface area contributed by atoms with Gasteiger partial charge < -0.3 is 24.0 Å². The van der Waals surface area contributed by atoms with Crippen molar-refractivity contribution in [1.82, 2.24) is 9.80 Å². The molecule has 2 heterocycles. The highest BCUT2D eigenvalue weighted by Crippen LogP contribution is 2.25. The summed E-state index contributed by atoms with van der Waals surface area (Å²) < 4.78 is 16.8. The minimum absolute atomic E-state index is 0.0746. The maximum Gasteiger partial charge on any atom is 0.410 e. The molecule has 0 bridgehead atoms. The van der Waals surface area contributed by atoms with Gasteiger partial charge in [0.05, 0.1) is 0 Å². The average molecular weight is 431 g/mol. The Morgan fingerprint density at radius 1 is 1.03 bits per heavy atom. The van der Waals surface area contributed by atoms with Crippen LogP contribution in [-0.2, 0) is 22.3 Å². The number of hydrogen-bond acceptors (Lipinski definition) is 5. The van der Waals surface area contributed by atoms with E-state index < -0.39 is 5.60 Å². The van der Waals surface area contributed by atoms with E-state index in [4.69, 9.17) is 14.2 Å². The molecule has 0 radical (unpaired) electrons.